The van der Waals surface area contributed by atoms with Gasteiger partial charge in [0.15, 0.2) is 0 Å². The summed E-state index contributed by atoms with van der Waals surface area (Å²) in [6, 6.07) is 12.1. The Hall–Kier alpha value is -0.280. The molecular formula is C19H30Cl2N2. The molecule has 3 aliphatic rings. The SMILES string of the molecule is CN1CC2C(c3ccccc3)CC3C(CCCN3C)C2C1.Cl.Cl. The average molecular weight is 357 g/mol. The molecule has 0 radical (unpaired) electrons. The van der Waals surface area contributed by atoms with Crippen molar-refractivity contribution < 1.29 is 0 Å². The molecule has 2 heterocycles. The summed E-state index contributed by atoms with van der Waals surface area (Å²) in [5, 5.41) is 0. The zero-order valence-corrected chi connectivity index (χ0v) is 15.9. The van der Waals surface area contributed by atoms with Crippen molar-refractivity contribution in [3.05, 3.63) is 35.9 Å². The Balaban J connectivity index is 0.000000960. The summed E-state index contributed by atoms with van der Waals surface area (Å²) in [6.07, 6.45) is 4.24. The highest BCUT2D eigenvalue weighted by Gasteiger charge is 2.50. The molecule has 2 aliphatic heterocycles. The van der Waals surface area contributed by atoms with E-state index in [-0.39, 0.29) is 24.8 Å². The fourth-order valence-corrected chi connectivity index (χ4v) is 5.58. The summed E-state index contributed by atoms with van der Waals surface area (Å²) in [7, 11) is 4.68. The summed E-state index contributed by atoms with van der Waals surface area (Å²) in [5.74, 6) is 3.51. The van der Waals surface area contributed by atoms with Gasteiger partial charge in [-0.05, 0) is 69.1 Å². The molecule has 130 valence electrons. The lowest BCUT2D eigenvalue weighted by atomic mass is 9.61. The Bertz CT molecular complexity index is 495. The molecule has 2 nitrogen and oxygen atoms in total. The summed E-state index contributed by atoms with van der Waals surface area (Å²) in [4.78, 5) is 5.25. The lowest BCUT2D eigenvalue weighted by Crippen LogP contribution is -2.52. The Morgan fingerprint density at radius 1 is 0.913 bits per heavy atom. The zero-order valence-electron chi connectivity index (χ0n) is 14.2. The van der Waals surface area contributed by atoms with Crippen LogP contribution in [0.1, 0.15) is 30.7 Å². The van der Waals surface area contributed by atoms with Gasteiger partial charge in [0.05, 0.1) is 0 Å². The first kappa shape index (κ1) is 19.1. The molecule has 0 aromatic heterocycles. The molecular weight excluding hydrogens is 327 g/mol. The monoisotopic (exact) mass is 356 g/mol. The quantitative estimate of drug-likeness (QED) is 0.752. The minimum atomic E-state index is 0. The van der Waals surface area contributed by atoms with Gasteiger partial charge in [-0.1, -0.05) is 30.3 Å². The van der Waals surface area contributed by atoms with E-state index < -0.39 is 0 Å². The molecule has 23 heavy (non-hydrogen) atoms. The topological polar surface area (TPSA) is 6.48 Å². The van der Waals surface area contributed by atoms with Crippen LogP contribution in [0.5, 0.6) is 0 Å². The van der Waals surface area contributed by atoms with Crippen molar-refractivity contribution in [1.82, 2.24) is 9.80 Å². The molecule has 2 saturated heterocycles. The Kier molecular flexibility index (Phi) is 6.41. The van der Waals surface area contributed by atoms with E-state index >= 15 is 0 Å². The number of rotatable bonds is 1. The number of halogens is 2. The molecule has 0 spiro atoms. The Morgan fingerprint density at radius 3 is 2.35 bits per heavy atom. The smallest absolute Gasteiger partial charge is 0.0130 e. The fourth-order valence-electron chi connectivity index (χ4n) is 5.58. The van der Waals surface area contributed by atoms with E-state index in [1.54, 1.807) is 5.56 Å². The van der Waals surface area contributed by atoms with Crippen LogP contribution in [0.15, 0.2) is 30.3 Å². The van der Waals surface area contributed by atoms with Gasteiger partial charge < -0.3 is 9.80 Å². The number of piperidine rings is 1. The van der Waals surface area contributed by atoms with Crippen LogP contribution in [0.25, 0.3) is 0 Å². The lowest BCUT2D eigenvalue weighted by molar-refractivity contribution is 0.0181. The maximum Gasteiger partial charge on any atom is 0.0130 e. The minimum absolute atomic E-state index is 0. The molecule has 3 fully saturated rings. The second-order valence-electron chi connectivity index (χ2n) is 7.66. The molecule has 0 N–H and O–H groups in total. The van der Waals surface area contributed by atoms with Crippen LogP contribution in [0.4, 0.5) is 0 Å². The van der Waals surface area contributed by atoms with Gasteiger partial charge >= 0.3 is 0 Å². The predicted molar refractivity (Wildman–Crippen MR) is 102 cm³/mol. The number of benzene rings is 1. The third-order valence-electron chi connectivity index (χ3n) is 6.49. The van der Waals surface area contributed by atoms with Crippen LogP contribution >= 0.6 is 24.8 Å². The number of likely N-dealkylation sites (tertiary alicyclic amines) is 2. The maximum atomic E-state index is 2.67. The lowest BCUT2D eigenvalue weighted by Gasteiger charge is -2.50. The van der Waals surface area contributed by atoms with Gasteiger partial charge in [0, 0.05) is 19.1 Å². The van der Waals surface area contributed by atoms with Crippen LogP contribution in [-0.2, 0) is 0 Å². The van der Waals surface area contributed by atoms with Crippen LogP contribution < -0.4 is 0 Å². The van der Waals surface area contributed by atoms with E-state index in [0.29, 0.717) is 0 Å². The van der Waals surface area contributed by atoms with Crippen LogP contribution in [0.2, 0.25) is 0 Å². The predicted octanol–water partition coefficient (Wildman–Crippen LogP) is 3.91. The summed E-state index contributed by atoms with van der Waals surface area (Å²) >= 11 is 0. The van der Waals surface area contributed by atoms with Crippen molar-refractivity contribution in [2.24, 2.45) is 17.8 Å². The van der Waals surface area contributed by atoms with E-state index in [2.05, 4.69) is 54.2 Å². The van der Waals surface area contributed by atoms with Crippen molar-refractivity contribution in [3.8, 4) is 0 Å². The van der Waals surface area contributed by atoms with Crippen molar-refractivity contribution in [3.63, 3.8) is 0 Å². The normalized spacial score (nSPS) is 37.2. The van der Waals surface area contributed by atoms with Crippen molar-refractivity contribution in [2.75, 3.05) is 33.7 Å². The third kappa shape index (κ3) is 3.42. The Labute approximate surface area is 153 Å². The zero-order chi connectivity index (χ0) is 14.4. The molecule has 1 aromatic carbocycles. The van der Waals surface area contributed by atoms with E-state index in [0.717, 1.165) is 29.7 Å². The molecule has 4 rings (SSSR count). The fraction of sp³-hybridized carbons (Fsp3) is 0.684. The number of fused-ring (bicyclic) bond motifs is 3. The number of hydrogen-bond acceptors (Lipinski definition) is 2. The van der Waals surface area contributed by atoms with E-state index in [1.807, 2.05) is 0 Å². The van der Waals surface area contributed by atoms with Gasteiger partial charge in [-0.2, -0.15) is 0 Å². The van der Waals surface area contributed by atoms with Gasteiger partial charge in [0.1, 0.15) is 0 Å². The summed E-state index contributed by atoms with van der Waals surface area (Å²) < 4.78 is 0. The Morgan fingerprint density at radius 2 is 1.61 bits per heavy atom. The standard InChI is InChI=1S/C19H28N2.2ClH/c1-20-12-17-15-9-6-10-21(2)19(15)11-16(18(17)13-20)14-7-4-3-5-8-14;;/h3-5,7-8,15-19H,6,9-13H2,1-2H3;2*1H. The molecule has 5 unspecified atom stereocenters. The van der Waals surface area contributed by atoms with Gasteiger partial charge in [-0.15, -0.1) is 24.8 Å². The molecule has 5 atom stereocenters. The molecule has 0 bridgehead atoms. The van der Waals surface area contributed by atoms with Crippen LogP contribution in [-0.4, -0.2) is 49.6 Å². The molecule has 1 aliphatic carbocycles. The first-order valence-corrected chi connectivity index (χ1v) is 8.68. The average Bonchev–Trinajstić information content (AvgIpc) is 2.89. The maximum absolute atomic E-state index is 2.67. The second-order valence-corrected chi connectivity index (χ2v) is 7.66. The highest BCUT2D eigenvalue weighted by molar-refractivity contribution is 5.85. The summed E-state index contributed by atoms with van der Waals surface area (Å²) in [5.41, 5.74) is 1.58. The largest absolute Gasteiger partial charge is 0.306 e. The third-order valence-corrected chi connectivity index (χ3v) is 6.49. The van der Waals surface area contributed by atoms with Crippen LogP contribution in [0, 0.1) is 17.8 Å². The highest BCUT2D eigenvalue weighted by atomic mass is 35.5. The van der Waals surface area contributed by atoms with Gasteiger partial charge in [0.2, 0.25) is 0 Å². The molecule has 1 saturated carbocycles. The van der Waals surface area contributed by atoms with Crippen LogP contribution in [0.3, 0.4) is 0 Å². The summed E-state index contributed by atoms with van der Waals surface area (Å²) in [6.45, 7) is 3.93. The number of nitrogens with zero attached hydrogens (tertiary/aromatic N) is 2. The van der Waals surface area contributed by atoms with Gasteiger partial charge in [0.25, 0.3) is 0 Å². The molecule has 4 heteroatoms. The van der Waals surface area contributed by atoms with Gasteiger partial charge in [-0.3, -0.25) is 0 Å². The van der Waals surface area contributed by atoms with Crippen molar-refractivity contribution in [1.29, 1.82) is 0 Å². The first-order valence-electron chi connectivity index (χ1n) is 8.68. The molecule has 0 amide bonds. The van der Waals surface area contributed by atoms with E-state index in [4.69, 9.17) is 0 Å². The number of hydrogen-bond donors (Lipinski definition) is 0. The highest BCUT2D eigenvalue weighted by Crippen LogP contribution is 2.51. The van der Waals surface area contributed by atoms with E-state index in [1.165, 1.54) is 38.9 Å². The van der Waals surface area contributed by atoms with Gasteiger partial charge in [-0.25, -0.2) is 0 Å². The molecule has 1 aromatic rings. The minimum Gasteiger partial charge on any atom is -0.306 e. The van der Waals surface area contributed by atoms with Crippen molar-refractivity contribution in [2.45, 2.75) is 31.2 Å². The van der Waals surface area contributed by atoms with Crippen molar-refractivity contribution >= 4 is 24.8 Å². The first-order chi connectivity index (χ1) is 10.2. The van der Waals surface area contributed by atoms with E-state index in [9.17, 15) is 0 Å². The second kappa shape index (κ2) is 7.74.